The molecule has 1 fully saturated rings. The summed E-state index contributed by atoms with van der Waals surface area (Å²) in [5, 5.41) is 8.92. The van der Waals surface area contributed by atoms with E-state index < -0.39 is 17.9 Å². The molecule has 0 aromatic carbocycles. The fraction of sp³-hybridized carbons (Fsp3) is 0.692. The Hall–Kier alpha value is -1.50. The second-order valence-corrected chi connectivity index (χ2v) is 5.38. The number of carbonyl (C=O) groups is 2. The Morgan fingerprint density at radius 1 is 1.41 bits per heavy atom. The molecule has 0 heterocycles. The molecule has 0 aromatic heterocycles. The van der Waals surface area contributed by atoms with Crippen molar-refractivity contribution in [1.82, 2.24) is 0 Å². The quantitative estimate of drug-likeness (QED) is 0.460. The molecule has 0 aromatic rings. The van der Waals surface area contributed by atoms with Gasteiger partial charge in [0, 0.05) is 11.8 Å². The minimum Gasteiger partial charge on any atom is -0.481 e. The average Bonchev–Trinajstić information content (AvgIpc) is 2.74. The Morgan fingerprint density at radius 2 is 2.00 bits per heavy atom. The lowest BCUT2D eigenvalue weighted by molar-refractivity contribution is -0.140. The molecule has 2 atom stereocenters. The highest BCUT2D eigenvalue weighted by Crippen LogP contribution is 2.57. The number of aliphatic carboxylic acids is 1. The number of carbonyl (C=O) groups excluding carboxylic acids is 1. The van der Waals surface area contributed by atoms with E-state index in [1.807, 2.05) is 27.7 Å². The lowest BCUT2D eigenvalue weighted by Gasteiger charge is -2.02. The molecule has 0 aliphatic heterocycles. The van der Waals surface area contributed by atoms with Crippen molar-refractivity contribution in [3.05, 3.63) is 0 Å². The van der Waals surface area contributed by atoms with Crippen molar-refractivity contribution in [2.75, 3.05) is 6.61 Å². The van der Waals surface area contributed by atoms with Gasteiger partial charge in [0.25, 0.3) is 0 Å². The summed E-state index contributed by atoms with van der Waals surface area (Å²) in [6, 6.07) is 0. The normalized spacial score (nSPS) is 24.8. The summed E-state index contributed by atoms with van der Waals surface area (Å²) >= 11 is 0. The van der Waals surface area contributed by atoms with Crippen molar-refractivity contribution in [3.8, 4) is 11.8 Å². The van der Waals surface area contributed by atoms with Gasteiger partial charge in [0.15, 0.2) is 0 Å². The van der Waals surface area contributed by atoms with Gasteiger partial charge in [-0.2, -0.15) is 0 Å². The van der Waals surface area contributed by atoms with E-state index in [4.69, 9.17) is 9.84 Å². The van der Waals surface area contributed by atoms with Crippen LogP contribution in [0.15, 0.2) is 0 Å². The smallest absolute Gasteiger partial charge is 0.384 e. The number of hydrogen-bond acceptors (Lipinski definition) is 3. The van der Waals surface area contributed by atoms with Crippen LogP contribution >= 0.6 is 0 Å². The molecule has 94 valence electrons. The monoisotopic (exact) mass is 238 g/mol. The van der Waals surface area contributed by atoms with Crippen molar-refractivity contribution in [2.24, 2.45) is 23.2 Å². The number of hydrogen-bond donors (Lipinski definition) is 1. The van der Waals surface area contributed by atoms with Crippen molar-refractivity contribution in [1.29, 1.82) is 0 Å². The third-order valence-corrected chi connectivity index (χ3v) is 2.97. The van der Waals surface area contributed by atoms with Crippen LogP contribution in [-0.4, -0.2) is 23.7 Å². The van der Waals surface area contributed by atoms with Crippen LogP contribution in [0, 0.1) is 35.0 Å². The van der Waals surface area contributed by atoms with Gasteiger partial charge in [-0.15, -0.1) is 0 Å². The Labute approximate surface area is 101 Å². The molecule has 0 amide bonds. The zero-order valence-corrected chi connectivity index (χ0v) is 10.6. The lowest BCUT2D eigenvalue weighted by atomic mass is 10.1. The third kappa shape index (κ3) is 3.23. The number of ether oxygens (including phenoxy) is 1. The van der Waals surface area contributed by atoms with Gasteiger partial charge in [-0.05, 0) is 11.3 Å². The standard InChI is InChI=1S/C13H18O4/c1-8(2)7-17-10(14)6-5-9-11(12(15)16)13(9,3)4/h8-9,11H,7H2,1-4H3,(H,15,16)/t9-,11-/m0/s1. The molecule has 1 N–H and O–H groups in total. The second kappa shape index (κ2) is 4.79. The van der Waals surface area contributed by atoms with Gasteiger partial charge in [0.2, 0.25) is 0 Å². The number of rotatable bonds is 3. The summed E-state index contributed by atoms with van der Waals surface area (Å²) in [5.41, 5.74) is -0.350. The molecular weight excluding hydrogens is 220 g/mol. The zero-order valence-electron chi connectivity index (χ0n) is 10.6. The topological polar surface area (TPSA) is 63.6 Å². The maximum absolute atomic E-state index is 11.2. The summed E-state index contributed by atoms with van der Waals surface area (Å²) in [6.07, 6.45) is 0. The first-order chi connectivity index (χ1) is 7.76. The van der Waals surface area contributed by atoms with Crippen LogP contribution in [0.25, 0.3) is 0 Å². The molecule has 1 aliphatic carbocycles. The summed E-state index contributed by atoms with van der Waals surface area (Å²) in [7, 11) is 0. The first-order valence-electron chi connectivity index (χ1n) is 5.68. The summed E-state index contributed by atoms with van der Waals surface area (Å²) in [5.74, 6) is 3.16. The lowest BCUT2D eigenvalue weighted by Crippen LogP contribution is -2.07. The molecule has 1 rings (SSSR count). The fourth-order valence-corrected chi connectivity index (χ4v) is 1.78. The predicted molar refractivity (Wildman–Crippen MR) is 62.0 cm³/mol. The van der Waals surface area contributed by atoms with Gasteiger partial charge in [-0.25, -0.2) is 4.79 Å². The molecule has 17 heavy (non-hydrogen) atoms. The Kier molecular flexibility index (Phi) is 3.82. The Balaban J connectivity index is 2.51. The minimum atomic E-state index is -0.857. The summed E-state index contributed by atoms with van der Waals surface area (Å²) in [6.45, 7) is 7.88. The van der Waals surface area contributed by atoms with E-state index in [1.54, 1.807) is 0 Å². The molecule has 0 saturated heterocycles. The number of carboxylic acid groups (broad SMARTS) is 1. The van der Waals surface area contributed by atoms with Crippen LogP contribution in [0.4, 0.5) is 0 Å². The van der Waals surface area contributed by atoms with Gasteiger partial charge in [-0.1, -0.05) is 33.6 Å². The maximum Gasteiger partial charge on any atom is 0.384 e. The summed E-state index contributed by atoms with van der Waals surface area (Å²) < 4.78 is 4.89. The van der Waals surface area contributed by atoms with Crippen molar-refractivity contribution >= 4 is 11.9 Å². The largest absolute Gasteiger partial charge is 0.481 e. The van der Waals surface area contributed by atoms with Crippen LogP contribution in [0.1, 0.15) is 27.7 Å². The third-order valence-electron chi connectivity index (χ3n) is 2.97. The molecule has 1 aliphatic rings. The second-order valence-electron chi connectivity index (χ2n) is 5.38. The molecule has 0 radical (unpaired) electrons. The minimum absolute atomic E-state index is 0.258. The van der Waals surface area contributed by atoms with Gasteiger partial charge < -0.3 is 9.84 Å². The highest BCUT2D eigenvalue weighted by Gasteiger charge is 2.61. The van der Waals surface area contributed by atoms with Crippen molar-refractivity contribution < 1.29 is 19.4 Å². The molecule has 0 bridgehead atoms. The SMILES string of the molecule is CC(C)COC(=O)C#C[C@H]1[C@@H](C(=O)O)C1(C)C. The molecule has 0 unspecified atom stereocenters. The Morgan fingerprint density at radius 3 is 2.41 bits per heavy atom. The predicted octanol–water partition coefficient (Wildman–Crippen LogP) is 1.55. The molecule has 1 saturated carbocycles. The van der Waals surface area contributed by atoms with Crippen LogP contribution in [0.5, 0.6) is 0 Å². The van der Waals surface area contributed by atoms with Gasteiger partial charge in [0.05, 0.1) is 12.5 Å². The molecule has 0 spiro atoms. The van der Waals surface area contributed by atoms with Crippen LogP contribution < -0.4 is 0 Å². The number of carboxylic acids is 1. The summed E-state index contributed by atoms with van der Waals surface area (Å²) in [4.78, 5) is 22.1. The van der Waals surface area contributed by atoms with Crippen molar-refractivity contribution in [3.63, 3.8) is 0 Å². The van der Waals surface area contributed by atoms with E-state index in [0.29, 0.717) is 6.61 Å². The highest BCUT2D eigenvalue weighted by molar-refractivity contribution is 5.89. The van der Waals surface area contributed by atoms with Gasteiger partial charge in [0.1, 0.15) is 0 Å². The number of esters is 1. The Bertz CT molecular complexity index is 384. The van der Waals surface area contributed by atoms with E-state index >= 15 is 0 Å². The maximum atomic E-state index is 11.2. The van der Waals surface area contributed by atoms with E-state index in [9.17, 15) is 9.59 Å². The van der Waals surface area contributed by atoms with Crippen molar-refractivity contribution in [2.45, 2.75) is 27.7 Å². The molecular formula is C13H18O4. The first-order valence-corrected chi connectivity index (χ1v) is 5.68. The van der Waals surface area contributed by atoms with Crippen LogP contribution in [-0.2, 0) is 14.3 Å². The van der Waals surface area contributed by atoms with Gasteiger partial charge in [-0.3, -0.25) is 4.79 Å². The van der Waals surface area contributed by atoms with E-state index in [-0.39, 0.29) is 17.3 Å². The van der Waals surface area contributed by atoms with E-state index in [2.05, 4.69) is 11.8 Å². The molecule has 4 nitrogen and oxygen atoms in total. The zero-order chi connectivity index (χ0) is 13.2. The van der Waals surface area contributed by atoms with Crippen LogP contribution in [0.3, 0.4) is 0 Å². The van der Waals surface area contributed by atoms with Gasteiger partial charge >= 0.3 is 11.9 Å². The highest BCUT2D eigenvalue weighted by atomic mass is 16.5. The average molecular weight is 238 g/mol. The molecule has 4 heteroatoms. The first kappa shape index (κ1) is 13.6. The fourth-order valence-electron chi connectivity index (χ4n) is 1.78. The van der Waals surface area contributed by atoms with E-state index in [0.717, 1.165) is 0 Å². The van der Waals surface area contributed by atoms with Crippen LogP contribution in [0.2, 0.25) is 0 Å². The van der Waals surface area contributed by atoms with E-state index in [1.165, 1.54) is 0 Å².